The van der Waals surface area contributed by atoms with Gasteiger partial charge in [0, 0.05) is 15.8 Å². The minimum atomic E-state index is -0.201. The summed E-state index contributed by atoms with van der Waals surface area (Å²) in [6.45, 7) is 2.05. The fraction of sp³-hybridized carbons (Fsp3) is 0.250. The molecule has 0 aliphatic heterocycles. The number of nitriles is 1. The Labute approximate surface area is 197 Å². The van der Waals surface area contributed by atoms with Crippen LogP contribution in [-0.4, -0.2) is 10.9 Å². The first-order valence-corrected chi connectivity index (χ1v) is 12.3. The molecule has 2 heterocycles. The maximum atomic E-state index is 13.6. The molecular formula is C28H25N3OS. The van der Waals surface area contributed by atoms with Crippen LogP contribution in [0.2, 0.25) is 0 Å². The van der Waals surface area contributed by atoms with Crippen molar-refractivity contribution in [1.82, 2.24) is 4.98 Å². The van der Waals surface area contributed by atoms with Crippen LogP contribution in [0.5, 0.6) is 0 Å². The predicted molar refractivity (Wildman–Crippen MR) is 135 cm³/mol. The fourth-order valence-corrected chi connectivity index (χ4v) is 5.85. The summed E-state index contributed by atoms with van der Waals surface area (Å²) in [5, 5.41) is 14.5. The lowest BCUT2D eigenvalue weighted by Gasteiger charge is -2.11. The Morgan fingerprint density at radius 1 is 1.03 bits per heavy atom. The number of nitrogens with one attached hydrogen (secondary N) is 1. The number of pyridine rings is 1. The van der Waals surface area contributed by atoms with Crippen molar-refractivity contribution in [3.63, 3.8) is 0 Å². The standard InChI is InChI=1S/C28H25N3OS/c1-18-9-8-10-19(15-18)25-16-22(20-11-6-7-13-24(20)30-25)27(32)31-28-23(17-29)21-12-4-2-3-5-14-26(21)33-28/h6-11,13,15-16H,2-5,12,14H2,1H3,(H,31,32). The Hall–Kier alpha value is -3.49. The molecule has 5 heteroatoms. The summed E-state index contributed by atoms with van der Waals surface area (Å²) in [4.78, 5) is 19.6. The van der Waals surface area contributed by atoms with Gasteiger partial charge in [-0.05, 0) is 56.4 Å². The minimum absolute atomic E-state index is 0.201. The molecule has 0 radical (unpaired) electrons. The zero-order chi connectivity index (χ0) is 22.8. The zero-order valence-electron chi connectivity index (χ0n) is 18.6. The SMILES string of the molecule is Cc1cccc(-c2cc(C(=O)Nc3sc4c(c3C#N)CCCCCC4)c3ccccc3n2)c1. The maximum Gasteiger partial charge on any atom is 0.257 e. The molecule has 0 saturated heterocycles. The number of aryl methyl sites for hydroxylation is 2. The molecule has 0 bridgehead atoms. The number of anilines is 1. The van der Waals surface area contributed by atoms with Crippen LogP contribution in [0.25, 0.3) is 22.2 Å². The third-order valence-electron chi connectivity index (χ3n) is 6.28. The number of rotatable bonds is 3. The van der Waals surface area contributed by atoms with E-state index in [9.17, 15) is 10.1 Å². The molecule has 33 heavy (non-hydrogen) atoms. The molecule has 4 nitrogen and oxygen atoms in total. The number of thiophene rings is 1. The number of amides is 1. The number of fused-ring (bicyclic) bond motifs is 2. The van der Waals surface area contributed by atoms with Crippen LogP contribution < -0.4 is 5.32 Å². The van der Waals surface area contributed by atoms with E-state index in [1.807, 2.05) is 55.5 Å². The van der Waals surface area contributed by atoms with Gasteiger partial charge >= 0.3 is 0 Å². The lowest BCUT2D eigenvalue weighted by atomic mass is 9.97. The average Bonchev–Trinajstić information content (AvgIpc) is 3.13. The quantitative estimate of drug-likeness (QED) is 0.363. The van der Waals surface area contributed by atoms with Gasteiger partial charge in [-0.3, -0.25) is 4.79 Å². The average molecular weight is 452 g/mol. The van der Waals surface area contributed by atoms with Crippen LogP contribution in [0.1, 0.15) is 57.6 Å². The molecule has 0 saturated carbocycles. The second kappa shape index (κ2) is 9.17. The van der Waals surface area contributed by atoms with E-state index in [1.165, 1.54) is 17.7 Å². The third kappa shape index (κ3) is 4.27. The van der Waals surface area contributed by atoms with E-state index in [-0.39, 0.29) is 5.91 Å². The van der Waals surface area contributed by atoms with E-state index in [0.717, 1.165) is 59.0 Å². The molecule has 0 spiro atoms. The summed E-state index contributed by atoms with van der Waals surface area (Å²) < 4.78 is 0. The van der Waals surface area contributed by atoms with Crippen LogP contribution in [0.15, 0.2) is 54.6 Å². The smallest absolute Gasteiger partial charge is 0.257 e. The van der Waals surface area contributed by atoms with Gasteiger partial charge in [0.15, 0.2) is 0 Å². The zero-order valence-corrected chi connectivity index (χ0v) is 19.5. The maximum absolute atomic E-state index is 13.6. The molecule has 0 fully saturated rings. The first-order chi connectivity index (χ1) is 16.1. The van der Waals surface area contributed by atoms with Gasteiger partial charge in [0.2, 0.25) is 0 Å². The van der Waals surface area contributed by atoms with Crippen LogP contribution in [0, 0.1) is 18.3 Å². The summed E-state index contributed by atoms with van der Waals surface area (Å²) in [5.74, 6) is -0.201. The van der Waals surface area contributed by atoms with E-state index in [1.54, 1.807) is 11.3 Å². The van der Waals surface area contributed by atoms with Gasteiger partial charge in [-0.15, -0.1) is 11.3 Å². The second-order valence-electron chi connectivity index (χ2n) is 8.63. The van der Waals surface area contributed by atoms with Crippen LogP contribution in [0.4, 0.5) is 5.00 Å². The third-order valence-corrected chi connectivity index (χ3v) is 7.49. The summed E-state index contributed by atoms with van der Waals surface area (Å²) in [6.07, 6.45) is 6.57. The van der Waals surface area contributed by atoms with Crippen molar-refractivity contribution in [3.8, 4) is 17.3 Å². The molecular weight excluding hydrogens is 426 g/mol. The Kier molecular flexibility index (Phi) is 5.93. The van der Waals surface area contributed by atoms with E-state index >= 15 is 0 Å². The van der Waals surface area contributed by atoms with Crippen molar-refractivity contribution >= 4 is 33.1 Å². The molecule has 0 unspecified atom stereocenters. The molecule has 2 aromatic carbocycles. The van der Waals surface area contributed by atoms with Crippen molar-refractivity contribution in [1.29, 1.82) is 5.26 Å². The van der Waals surface area contributed by atoms with E-state index < -0.39 is 0 Å². The summed E-state index contributed by atoms with van der Waals surface area (Å²) in [5.41, 5.74) is 6.01. The molecule has 1 aliphatic carbocycles. The number of para-hydroxylation sites is 1. The number of nitrogens with zero attached hydrogens (tertiary/aromatic N) is 2. The molecule has 5 rings (SSSR count). The van der Waals surface area contributed by atoms with Crippen molar-refractivity contribution < 1.29 is 4.79 Å². The van der Waals surface area contributed by atoms with Crippen LogP contribution in [0.3, 0.4) is 0 Å². The second-order valence-corrected chi connectivity index (χ2v) is 9.73. The highest BCUT2D eigenvalue weighted by Gasteiger charge is 2.22. The number of carbonyl (C=O) groups is 1. The van der Waals surface area contributed by atoms with E-state index in [0.29, 0.717) is 16.1 Å². The highest BCUT2D eigenvalue weighted by Crippen LogP contribution is 2.37. The highest BCUT2D eigenvalue weighted by molar-refractivity contribution is 7.16. The summed E-state index contributed by atoms with van der Waals surface area (Å²) in [7, 11) is 0. The summed E-state index contributed by atoms with van der Waals surface area (Å²) >= 11 is 1.57. The van der Waals surface area contributed by atoms with Crippen LogP contribution in [-0.2, 0) is 12.8 Å². The van der Waals surface area contributed by atoms with Crippen molar-refractivity contribution in [3.05, 3.63) is 81.7 Å². The normalized spacial score (nSPS) is 13.6. The van der Waals surface area contributed by atoms with Gasteiger partial charge in [-0.1, -0.05) is 54.8 Å². The molecule has 0 atom stereocenters. The van der Waals surface area contributed by atoms with Crippen molar-refractivity contribution in [2.24, 2.45) is 0 Å². The van der Waals surface area contributed by atoms with E-state index in [4.69, 9.17) is 4.98 Å². The van der Waals surface area contributed by atoms with Crippen molar-refractivity contribution in [2.75, 3.05) is 5.32 Å². The van der Waals surface area contributed by atoms with Crippen LogP contribution >= 0.6 is 11.3 Å². The monoisotopic (exact) mass is 451 g/mol. The lowest BCUT2D eigenvalue weighted by molar-refractivity contribution is 0.102. The largest absolute Gasteiger partial charge is 0.312 e. The molecule has 1 aliphatic rings. The number of benzene rings is 2. The highest BCUT2D eigenvalue weighted by atomic mass is 32.1. The topological polar surface area (TPSA) is 65.8 Å². The Morgan fingerprint density at radius 3 is 2.67 bits per heavy atom. The Morgan fingerprint density at radius 2 is 1.85 bits per heavy atom. The Bertz CT molecular complexity index is 1400. The minimum Gasteiger partial charge on any atom is -0.312 e. The predicted octanol–water partition coefficient (Wildman–Crippen LogP) is 7.05. The van der Waals surface area contributed by atoms with Gasteiger partial charge in [-0.2, -0.15) is 5.26 Å². The molecule has 1 amide bonds. The van der Waals surface area contributed by atoms with Gasteiger partial charge in [0.25, 0.3) is 5.91 Å². The van der Waals surface area contributed by atoms with E-state index in [2.05, 4.69) is 17.5 Å². The molecule has 2 aromatic heterocycles. The number of aromatic nitrogens is 1. The Balaban J connectivity index is 1.57. The number of carbonyl (C=O) groups excluding carboxylic acids is 1. The van der Waals surface area contributed by atoms with Gasteiger partial charge in [-0.25, -0.2) is 4.98 Å². The number of hydrogen-bond acceptors (Lipinski definition) is 4. The summed E-state index contributed by atoms with van der Waals surface area (Å²) in [6, 6.07) is 20.1. The number of hydrogen-bond donors (Lipinski definition) is 1. The van der Waals surface area contributed by atoms with Crippen molar-refractivity contribution in [2.45, 2.75) is 45.4 Å². The lowest BCUT2D eigenvalue weighted by Crippen LogP contribution is -2.13. The molecule has 4 aromatic rings. The van der Waals surface area contributed by atoms with Gasteiger partial charge in [0.1, 0.15) is 11.1 Å². The van der Waals surface area contributed by atoms with Gasteiger partial charge in [0.05, 0.1) is 22.3 Å². The fourth-order valence-electron chi connectivity index (χ4n) is 4.61. The molecule has 164 valence electrons. The molecule has 1 N–H and O–H groups in total. The van der Waals surface area contributed by atoms with Gasteiger partial charge < -0.3 is 5.32 Å². The first kappa shape index (κ1) is 21.4. The first-order valence-electron chi connectivity index (χ1n) is 11.5.